The molecule has 0 aromatic heterocycles. The number of nitrogens with one attached hydrogen (secondary N) is 2. The summed E-state index contributed by atoms with van der Waals surface area (Å²) in [6.45, 7) is 3.29. The summed E-state index contributed by atoms with van der Waals surface area (Å²) in [4.78, 5) is 41.0. The number of ether oxygens (including phenoxy) is 1. The van der Waals surface area contributed by atoms with Gasteiger partial charge in [0.05, 0.1) is 0 Å². The molecule has 8 nitrogen and oxygen atoms in total. The van der Waals surface area contributed by atoms with E-state index < -0.39 is 11.9 Å². The van der Waals surface area contributed by atoms with E-state index in [1.54, 1.807) is 11.0 Å². The van der Waals surface area contributed by atoms with Crippen LogP contribution in [0.1, 0.15) is 46.3 Å². The number of piperidine rings is 2. The Morgan fingerprint density at radius 2 is 1.76 bits per heavy atom. The maximum atomic E-state index is 13.4. The van der Waals surface area contributed by atoms with Crippen molar-refractivity contribution in [2.75, 3.05) is 13.1 Å². The molecular formula is C32H33FN4O4. The minimum atomic E-state index is -0.651. The maximum absolute atomic E-state index is 13.4. The molecule has 2 N–H and O–H groups in total. The molecule has 0 saturated carbocycles. The zero-order valence-electron chi connectivity index (χ0n) is 22.7. The molecule has 212 valence electrons. The van der Waals surface area contributed by atoms with Gasteiger partial charge < -0.3 is 15.0 Å². The fourth-order valence-electron chi connectivity index (χ4n) is 5.97. The SMILES string of the molecule is O=C1CCC(N2Cc3cc(O[C@@H]4CN(Cc5ccc(F)cc5)CC[C@H]4NCc4ccccc4)ccc3C2=O)C(=O)N1. The number of carbonyl (C=O) groups excluding carboxylic acids is 3. The van der Waals surface area contributed by atoms with Crippen molar-refractivity contribution in [1.29, 1.82) is 0 Å². The molecule has 3 aromatic carbocycles. The summed E-state index contributed by atoms with van der Waals surface area (Å²) in [5.41, 5.74) is 3.61. The predicted molar refractivity (Wildman–Crippen MR) is 150 cm³/mol. The van der Waals surface area contributed by atoms with E-state index in [1.807, 2.05) is 42.5 Å². The van der Waals surface area contributed by atoms with Gasteiger partial charge in [-0.2, -0.15) is 0 Å². The molecule has 41 heavy (non-hydrogen) atoms. The lowest BCUT2D eigenvalue weighted by atomic mass is 10.00. The average molecular weight is 557 g/mol. The first kappa shape index (κ1) is 27.1. The molecule has 3 atom stereocenters. The molecule has 3 aromatic rings. The van der Waals surface area contributed by atoms with E-state index >= 15 is 0 Å². The molecular weight excluding hydrogens is 523 g/mol. The zero-order chi connectivity index (χ0) is 28.3. The number of benzene rings is 3. The first-order valence-electron chi connectivity index (χ1n) is 14.1. The number of fused-ring (bicyclic) bond motifs is 1. The lowest BCUT2D eigenvalue weighted by Crippen LogP contribution is -2.54. The Labute approximate surface area is 238 Å². The molecule has 3 amide bonds. The maximum Gasteiger partial charge on any atom is 0.255 e. The van der Waals surface area contributed by atoms with Crippen molar-refractivity contribution in [2.24, 2.45) is 0 Å². The lowest BCUT2D eigenvalue weighted by molar-refractivity contribution is -0.136. The van der Waals surface area contributed by atoms with Gasteiger partial charge in [-0.05, 0) is 59.9 Å². The van der Waals surface area contributed by atoms with E-state index in [-0.39, 0.29) is 36.2 Å². The van der Waals surface area contributed by atoms with Crippen LogP contribution in [0.4, 0.5) is 4.39 Å². The molecule has 2 saturated heterocycles. The Bertz CT molecular complexity index is 1430. The van der Waals surface area contributed by atoms with Crippen molar-refractivity contribution in [3.05, 3.63) is 101 Å². The third-order valence-electron chi connectivity index (χ3n) is 8.16. The standard InChI is InChI=1S/C32H33FN4O4/c33-24-8-6-22(7-9-24)18-36-15-14-27(34-17-21-4-2-1-3-5-21)29(20-36)41-25-10-11-26-23(16-25)19-37(32(26)40)28-12-13-30(38)35-31(28)39/h1-11,16,27-29,34H,12-15,17-20H2,(H,35,38,39)/t27-,28?,29-/m1/s1. The van der Waals surface area contributed by atoms with Crippen molar-refractivity contribution in [1.82, 2.24) is 20.4 Å². The Kier molecular flexibility index (Phi) is 7.80. The summed E-state index contributed by atoms with van der Waals surface area (Å²) in [6, 6.07) is 21.8. The number of amides is 3. The van der Waals surface area contributed by atoms with Crippen molar-refractivity contribution >= 4 is 17.7 Å². The van der Waals surface area contributed by atoms with E-state index in [2.05, 4.69) is 27.7 Å². The third kappa shape index (κ3) is 6.16. The van der Waals surface area contributed by atoms with Gasteiger partial charge in [-0.1, -0.05) is 42.5 Å². The number of hydrogen-bond donors (Lipinski definition) is 2. The van der Waals surface area contributed by atoms with Crippen LogP contribution >= 0.6 is 0 Å². The zero-order valence-corrected chi connectivity index (χ0v) is 22.7. The van der Waals surface area contributed by atoms with Crippen LogP contribution < -0.4 is 15.4 Å². The molecule has 0 bridgehead atoms. The monoisotopic (exact) mass is 556 g/mol. The van der Waals surface area contributed by atoms with Crippen molar-refractivity contribution in [3.63, 3.8) is 0 Å². The average Bonchev–Trinajstić information content (AvgIpc) is 3.29. The smallest absolute Gasteiger partial charge is 0.255 e. The molecule has 1 unspecified atom stereocenters. The fourth-order valence-corrected chi connectivity index (χ4v) is 5.97. The van der Waals surface area contributed by atoms with Crippen LogP contribution in [0.3, 0.4) is 0 Å². The van der Waals surface area contributed by atoms with Gasteiger partial charge in [-0.3, -0.25) is 24.6 Å². The number of hydrogen-bond acceptors (Lipinski definition) is 6. The fraction of sp³-hybridized carbons (Fsp3) is 0.344. The Balaban J connectivity index is 1.17. The van der Waals surface area contributed by atoms with Crippen molar-refractivity contribution < 1.29 is 23.5 Å². The quantitative estimate of drug-likeness (QED) is 0.414. The predicted octanol–water partition coefficient (Wildman–Crippen LogP) is 3.40. The van der Waals surface area contributed by atoms with Crippen LogP contribution in [-0.2, 0) is 29.2 Å². The second-order valence-electron chi connectivity index (χ2n) is 11.0. The van der Waals surface area contributed by atoms with Crippen LogP contribution in [0, 0.1) is 5.82 Å². The minimum Gasteiger partial charge on any atom is -0.487 e. The van der Waals surface area contributed by atoms with Crippen molar-refractivity contribution in [3.8, 4) is 5.75 Å². The van der Waals surface area contributed by atoms with E-state index in [4.69, 9.17) is 4.74 Å². The highest BCUT2D eigenvalue weighted by molar-refractivity contribution is 6.05. The first-order chi connectivity index (χ1) is 19.9. The number of nitrogens with zero attached hydrogens (tertiary/aromatic N) is 2. The normalized spacial score (nSPS) is 22.9. The number of imide groups is 1. The Hall–Kier alpha value is -4.08. The van der Waals surface area contributed by atoms with E-state index in [0.29, 0.717) is 37.4 Å². The van der Waals surface area contributed by atoms with Crippen LogP contribution in [0.15, 0.2) is 72.8 Å². The van der Waals surface area contributed by atoms with E-state index in [1.165, 1.54) is 17.7 Å². The molecule has 6 rings (SSSR count). The molecule has 3 aliphatic rings. The van der Waals surface area contributed by atoms with Gasteiger partial charge in [0.1, 0.15) is 23.7 Å². The molecule has 0 aliphatic carbocycles. The van der Waals surface area contributed by atoms with Crippen LogP contribution in [0.25, 0.3) is 0 Å². The van der Waals surface area contributed by atoms with Gasteiger partial charge in [0.25, 0.3) is 5.91 Å². The largest absolute Gasteiger partial charge is 0.487 e. The Morgan fingerprint density at radius 1 is 0.951 bits per heavy atom. The summed E-state index contributed by atoms with van der Waals surface area (Å²) < 4.78 is 20.0. The van der Waals surface area contributed by atoms with Crippen LogP contribution in [0.5, 0.6) is 5.75 Å². The van der Waals surface area contributed by atoms with Crippen LogP contribution in [0.2, 0.25) is 0 Å². The van der Waals surface area contributed by atoms with Gasteiger partial charge in [-0.25, -0.2) is 4.39 Å². The van der Waals surface area contributed by atoms with E-state index in [0.717, 1.165) is 30.6 Å². The summed E-state index contributed by atoms with van der Waals surface area (Å²) >= 11 is 0. The molecule has 3 heterocycles. The molecule has 0 radical (unpaired) electrons. The highest BCUT2D eigenvalue weighted by atomic mass is 19.1. The summed E-state index contributed by atoms with van der Waals surface area (Å²) in [7, 11) is 0. The van der Waals surface area contributed by atoms with Gasteiger partial charge in [0.2, 0.25) is 11.8 Å². The topological polar surface area (TPSA) is 91.0 Å². The number of carbonyl (C=O) groups is 3. The summed E-state index contributed by atoms with van der Waals surface area (Å²) in [6.07, 6.45) is 1.27. The summed E-state index contributed by atoms with van der Waals surface area (Å²) in [5.74, 6) is -0.504. The Morgan fingerprint density at radius 3 is 2.54 bits per heavy atom. The number of likely N-dealkylation sites (tertiary alicyclic amines) is 1. The number of rotatable bonds is 8. The lowest BCUT2D eigenvalue weighted by Gasteiger charge is -2.39. The highest BCUT2D eigenvalue weighted by Crippen LogP contribution is 2.31. The highest BCUT2D eigenvalue weighted by Gasteiger charge is 2.39. The first-order valence-corrected chi connectivity index (χ1v) is 14.1. The molecule has 9 heteroatoms. The van der Waals surface area contributed by atoms with Gasteiger partial charge >= 0.3 is 0 Å². The molecule has 3 aliphatic heterocycles. The molecule has 0 spiro atoms. The third-order valence-corrected chi connectivity index (χ3v) is 8.16. The number of halogens is 1. The molecule has 2 fully saturated rings. The van der Waals surface area contributed by atoms with Gasteiger partial charge in [0, 0.05) is 50.7 Å². The van der Waals surface area contributed by atoms with Gasteiger partial charge in [-0.15, -0.1) is 0 Å². The second-order valence-corrected chi connectivity index (χ2v) is 11.0. The van der Waals surface area contributed by atoms with Crippen LogP contribution in [-0.4, -0.2) is 58.8 Å². The van der Waals surface area contributed by atoms with Crippen molar-refractivity contribution in [2.45, 2.75) is 57.1 Å². The second kappa shape index (κ2) is 11.8. The minimum absolute atomic E-state index is 0.106. The van der Waals surface area contributed by atoms with E-state index in [9.17, 15) is 18.8 Å². The van der Waals surface area contributed by atoms with Gasteiger partial charge in [0.15, 0.2) is 0 Å². The summed E-state index contributed by atoms with van der Waals surface area (Å²) in [5, 5.41) is 6.03.